The summed E-state index contributed by atoms with van der Waals surface area (Å²) >= 11 is 0. The van der Waals surface area contributed by atoms with Crippen LogP contribution in [0.2, 0.25) is 0 Å². The Balaban J connectivity index is 1.17. The maximum absolute atomic E-state index is 5.72. The Hall–Kier alpha value is -5.74. The molecule has 6 aromatic rings. The van der Waals surface area contributed by atoms with Gasteiger partial charge in [-0.2, -0.15) is 0 Å². The summed E-state index contributed by atoms with van der Waals surface area (Å²) in [4.78, 5) is 9.01. The van der Waals surface area contributed by atoms with Crippen LogP contribution in [0.15, 0.2) is 143 Å². The van der Waals surface area contributed by atoms with Gasteiger partial charge in [0.1, 0.15) is 13.2 Å². The molecule has 0 fully saturated rings. The van der Waals surface area contributed by atoms with Gasteiger partial charge in [0, 0.05) is 11.1 Å². The molecule has 4 heteroatoms. The Morgan fingerprint density at radius 3 is 1.19 bits per heavy atom. The van der Waals surface area contributed by atoms with Crippen LogP contribution in [0.1, 0.15) is 33.4 Å². The van der Waals surface area contributed by atoms with Gasteiger partial charge in [-0.1, -0.05) is 97.1 Å². The fourth-order valence-electron chi connectivity index (χ4n) is 8.13. The molecular weight excluding hydrogens is 576 g/mol. The number of hydrogen-bond donors (Lipinski definition) is 0. The highest BCUT2D eigenvalue weighted by molar-refractivity contribution is 5.98. The molecule has 0 radical (unpaired) electrons. The molecule has 0 atom stereocenters. The van der Waals surface area contributed by atoms with Crippen molar-refractivity contribution in [3.05, 3.63) is 167 Å². The molecule has 0 aromatic heterocycles. The van der Waals surface area contributed by atoms with E-state index in [1.165, 1.54) is 66.8 Å². The van der Waals surface area contributed by atoms with Crippen molar-refractivity contribution in [2.24, 2.45) is 9.98 Å². The molecule has 0 bridgehead atoms. The maximum Gasteiger partial charge on any atom is 0.216 e. The lowest BCUT2D eigenvalue weighted by molar-refractivity contribution is 0.348. The van der Waals surface area contributed by atoms with Gasteiger partial charge in [0.25, 0.3) is 0 Å². The minimum absolute atomic E-state index is 0.428. The lowest BCUT2D eigenvalue weighted by Gasteiger charge is -2.31. The van der Waals surface area contributed by atoms with Crippen LogP contribution >= 0.6 is 0 Å². The highest BCUT2D eigenvalue weighted by atomic mass is 16.5. The Labute approximate surface area is 273 Å². The molecule has 4 aliphatic rings. The van der Waals surface area contributed by atoms with E-state index in [1.807, 2.05) is 0 Å². The van der Waals surface area contributed by atoms with Crippen LogP contribution < -0.4 is 0 Å². The lowest BCUT2D eigenvalue weighted by atomic mass is 9.70. The third-order valence-electron chi connectivity index (χ3n) is 10.2. The quantitative estimate of drug-likeness (QED) is 0.201. The summed E-state index contributed by atoms with van der Waals surface area (Å²) in [5.74, 6) is 1.48. The van der Waals surface area contributed by atoms with Crippen molar-refractivity contribution in [2.75, 3.05) is 26.3 Å². The van der Waals surface area contributed by atoms with Crippen molar-refractivity contribution in [3.63, 3.8) is 0 Å². The minimum Gasteiger partial charge on any atom is -0.476 e. The van der Waals surface area contributed by atoms with Crippen LogP contribution in [0.4, 0.5) is 0 Å². The zero-order valence-electron chi connectivity index (χ0n) is 25.7. The average Bonchev–Trinajstić information content (AvgIpc) is 3.96. The average molecular weight is 607 g/mol. The molecule has 0 amide bonds. The van der Waals surface area contributed by atoms with Gasteiger partial charge in [-0.15, -0.1) is 0 Å². The fourth-order valence-corrected chi connectivity index (χ4v) is 8.13. The highest BCUT2D eigenvalue weighted by Crippen LogP contribution is 2.63. The van der Waals surface area contributed by atoms with Gasteiger partial charge >= 0.3 is 0 Å². The van der Waals surface area contributed by atoms with Gasteiger partial charge in [0.2, 0.25) is 11.8 Å². The summed E-state index contributed by atoms with van der Waals surface area (Å²) in [5.41, 5.74) is 16.9. The number of hydrogen-bond acceptors (Lipinski definition) is 4. The number of rotatable bonds is 4. The molecule has 0 unspecified atom stereocenters. The van der Waals surface area contributed by atoms with E-state index in [-0.39, 0.29) is 0 Å². The van der Waals surface area contributed by atoms with E-state index in [0.29, 0.717) is 13.2 Å². The molecule has 2 heterocycles. The van der Waals surface area contributed by atoms with E-state index >= 15 is 0 Å². The third-order valence-corrected chi connectivity index (χ3v) is 10.2. The summed E-state index contributed by atoms with van der Waals surface area (Å²) in [7, 11) is 0. The maximum atomic E-state index is 5.72. The van der Waals surface area contributed by atoms with Crippen LogP contribution in [0.25, 0.3) is 44.5 Å². The van der Waals surface area contributed by atoms with Crippen molar-refractivity contribution in [2.45, 2.75) is 5.41 Å². The molecule has 47 heavy (non-hydrogen) atoms. The van der Waals surface area contributed by atoms with Gasteiger partial charge in [-0.05, 0) is 103 Å². The molecule has 0 saturated carbocycles. The number of benzene rings is 6. The van der Waals surface area contributed by atoms with Gasteiger partial charge in [-0.25, -0.2) is 9.98 Å². The van der Waals surface area contributed by atoms with Crippen LogP contribution in [0.3, 0.4) is 0 Å². The molecule has 4 nitrogen and oxygen atoms in total. The van der Waals surface area contributed by atoms with Crippen molar-refractivity contribution in [3.8, 4) is 44.5 Å². The Morgan fingerprint density at radius 2 is 0.766 bits per heavy atom. The second kappa shape index (κ2) is 10.1. The first-order valence-corrected chi connectivity index (χ1v) is 16.3. The molecular formula is C43H30N2O2. The van der Waals surface area contributed by atoms with E-state index in [9.17, 15) is 0 Å². The van der Waals surface area contributed by atoms with Crippen LogP contribution in [-0.2, 0) is 14.9 Å². The van der Waals surface area contributed by atoms with Gasteiger partial charge in [0.05, 0.1) is 18.5 Å². The molecule has 10 rings (SSSR count). The predicted molar refractivity (Wildman–Crippen MR) is 188 cm³/mol. The topological polar surface area (TPSA) is 43.2 Å². The van der Waals surface area contributed by atoms with Crippen LogP contribution in [0, 0.1) is 0 Å². The van der Waals surface area contributed by atoms with Crippen LogP contribution in [-0.4, -0.2) is 38.1 Å². The van der Waals surface area contributed by atoms with E-state index in [4.69, 9.17) is 9.47 Å². The normalized spacial score (nSPS) is 16.1. The molecule has 0 saturated heterocycles. The lowest BCUT2D eigenvalue weighted by Crippen LogP contribution is -2.26. The first-order valence-electron chi connectivity index (χ1n) is 16.3. The summed E-state index contributed by atoms with van der Waals surface area (Å²) < 4.78 is 11.4. The Morgan fingerprint density at radius 1 is 0.383 bits per heavy atom. The Kier molecular flexibility index (Phi) is 5.71. The third kappa shape index (κ3) is 3.82. The van der Waals surface area contributed by atoms with Gasteiger partial charge < -0.3 is 9.47 Å². The molecule has 6 aromatic carbocycles. The first-order chi connectivity index (χ1) is 23.3. The molecule has 1 spiro atoms. The van der Waals surface area contributed by atoms with Crippen molar-refractivity contribution >= 4 is 11.8 Å². The molecule has 2 aliphatic heterocycles. The molecule has 2 aliphatic carbocycles. The summed E-state index contributed by atoms with van der Waals surface area (Å²) in [5, 5.41) is 0. The fraction of sp³-hybridized carbons (Fsp3) is 0.116. The van der Waals surface area contributed by atoms with Crippen LogP contribution in [0.5, 0.6) is 0 Å². The largest absolute Gasteiger partial charge is 0.476 e. The second-order valence-electron chi connectivity index (χ2n) is 12.6. The number of fused-ring (bicyclic) bond motifs is 10. The Bertz CT molecular complexity index is 2130. The zero-order chi connectivity index (χ0) is 31.0. The number of ether oxygens (including phenoxy) is 2. The second-order valence-corrected chi connectivity index (χ2v) is 12.6. The molecule has 224 valence electrons. The number of aliphatic imine (C=N–C) groups is 2. The van der Waals surface area contributed by atoms with Gasteiger partial charge in [0.15, 0.2) is 0 Å². The standard InChI is InChI=1S/C43H30N2O2/c1-3-7-37-33(5-1)34-6-2-4-8-38(34)43(37)39-25-31(27-9-13-29(14-10-27)41-44-21-23-46-41)17-19-35(39)36-20-18-32(26-40(36)43)28-11-15-30(16-12-28)42-45-22-24-47-42/h1-20,25-26H,21-24H2. The summed E-state index contributed by atoms with van der Waals surface area (Å²) in [6.45, 7) is 2.77. The van der Waals surface area contributed by atoms with Crippen molar-refractivity contribution in [1.29, 1.82) is 0 Å². The van der Waals surface area contributed by atoms with E-state index < -0.39 is 5.41 Å². The predicted octanol–water partition coefficient (Wildman–Crippen LogP) is 8.92. The van der Waals surface area contributed by atoms with E-state index in [1.54, 1.807) is 0 Å². The zero-order valence-corrected chi connectivity index (χ0v) is 25.7. The van der Waals surface area contributed by atoms with E-state index in [0.717, 1.165) is 36.0 Å². The first kappa shape index (κ1) is 26.5. The molecule has 0 N–H and O–H groups in total. The monoisotopic (exact) mass is 606 g/mol. The summed E-state index contributed by atoms with van der Waals surface area (Å²) in [6, 6.07) is 49.3. The smallest absolute Gasteiger partial charge is 0.216 e. The van der Waals surface area contributed by atoms with Crippen molar-refractivity contribution < 1.29 is 9.47 Å². The SMILES string of the molecule is c1ccc2c(c1)-c1ccccc1C21c2cc(-c3ccc(C4=NCCO4)cc3)ccc2-c2ccc(-c3ccc(C4=NCCO4)cc3)cc21. The van der Waals surface area contributed by atoms with Gasteiger partial charge in [-0.3, -0.25) is 0 Å². The minimum atomic E-state index is -0.428. The highest BCUT2D eigenvalue weighted by Gasteiger charge is 2.51. The summed E-state index contributed by atoms with van der Waals surface area (Å²) in [6.07, 6.45) is 0. The number of nitrogens with zero attached hydrogens (tertiary/aromatic N) is 2. The van der Waals surface area contributed by atoms with Crippen molar-refractivity contribution in [1.82, 2.24) is 0 Å². The van der Waals surface area contributed by atoms with E-state index in [2.05, 4.69) is 143 Å².